The van der Waals surface area contributed by atoms with Crippen LogP contribution in [-0.4, -0.2) is 23.3 Å². The molecule has 0 radical (unpaired) electrons. The topological polar surface area (TPSA) is 61.4 Å². The van der Waals surface area contributed by atoms with Crippen LogP contribution in [0.1, 0.15) is 20.3 Å². The zero-order chi connectivity index (χ0) is 12.9. The van der Waals surface area contributed by atoms with Gasteiger partial charge in [-0.1, -0.05) is 17.7 Å². The Labute approximate surface area is 106 Å². The number of amides is 2. The molecule has 4 nitrogen and oxygen atoms in total. The summed E-state index contributed by atoms with van der Waals surface area (Å²) in [6, 6.07) is 6.60. The van der Waals surface area contributed by atoms with Gasteiger partial charge in [-0.3, -0.25) is 0 Å². The molecule has 0 aliphatic heterocycles. The third-order valence-electron chi connectivity index (χ3n) is 2.27. The van der Waals surface area contributed by atoms with Gasteiger partial charge in [-0.25, -0.2) is 4.79 Å². The molecule has 0 aliphatic carbocycles. The van der Waals surface area contributed by atoms with E-state index in [9.17, 15) is 4.79 Å². The molecule has 94 valence electrons. The number of nitrogens with one attached hydrogen (secondary N) is 2. The molecule has 0 aliphatic rings. The molecule has 5 heteroatoms. The van der Waals surface area contributed by atoms with Crippen molar-refractivity contribution >= 4 is 23.3 Å². The predicted molar refractivity (Wildman–Crippen MR) is 69.4 cm³/mol. The average molecular weight is 257 g/mol. The first-order chi connectivity index (χ1) is 7.93. The number of aliphatic hydroxyl groups excluding tert-OH is 1. The Balaban J connectivity index is 2.55. The van der Waals surface area contributed by atoms with Crippen LogP contribution in [0, 0.1) is 0 Å². The number of anilines is 1. The standard InChI is InChI=1S/C12H17ClN2O2/c1-12(2,6-7-16)15-11(17)14-10-5-3-4-9(13)8-10/h3-5,8,16H,6-7H2,1-2H3,(H2,14,15,17). The van der Waals surface area contributed by atoms with Gasteiger partial charge in [-0.2, -0.15) is 0 Å². The summed E-state index contributed by atoms with van der Waals surface area (Å²) in [7, 11) is 0. The largest absolute Gasteiger partial charge is 0.396 e. The number of urea groups is 1. The first-order valence-corrected chi connectivity index (χ1v) is 5.76. The fourth-order valence-corrected chi connectivity index (χ4v) is 1.57. The first-order valence-electron chi connectivity index (χ1n) is 5.38. The average Bonchev–Trinajstić information content (AvgIpc) is 2.15. The monoisotopic (exact) mass is 256 g/mol. The highest BCUT2D eigenvalue weighted by Gasteiger charge is 2.19. The molecule has 0 saturated heterocycles. The predicted octanol–water partition coefficient (Wildman–Crippen LogP) is 2.62. The SMILES string of the molecule is CC(C)(CCO)NC(=O)Nc1cccc(Cl)c1. The molecule has 1 rings (SSSR count). The molecule has 3 N–H and O–H groups in total. The molecule has 2 amide bonds. The Morgan fingerprint density at radius 1 is 1.47 bits per heavy atom. The van der Waals surface area contributed by atoms with E-state index in [0.717, 1.165) is 0 Å². The number of benzene rings is 1. The molecule has 0 unspecified atom stereocenters. The molecule has 0 atom stereocenters. The number of hydrogen-bond donors (Lipinski definition) is 3. The second kappa shape index (κ2) is 5.89. The fraction of sp³-hybridized carbons (Fsp3) is 0.417. The van der Waals surface area contributed by atoms with E-state index in [4.69, 9.17) is 16.7 Å². The lowest BCUT2D eigenvalue weighted by molar-refractivity contribution is 0.218. The normalized spacial score (nSPS) is 11.1. The number of carbonyl (C=O) groups excluding carboxylic acids is 1. The summed E-state index contributed by atoms with van der Waals surface area (Å²) in [5, 5.41) is 14.9. The quantitative estimate of drug-likeness (QED) is 0.776. The van der Waals surface area contributed by atoms with Crippen molar-refractivity contribution in [1.29, 1.82) is 0 Å². The lowest BCUT2D eigenvalue weighted by Crippen LogP contribution is -2.46. The molecule has 0 heterocycles. The Bertz CT molecular complexity index is 394. The van der Waals surface area contributed by atoms with Gasteiger partial charge in [0, 0.05) is 22.9 Å². The van der Waals surface area contributed by atoms with Gasteiger partial charge in [-0.05, 0) is 38.5 Å². The summed E-state index contributed by atoms with van der Waals surface area (Å²) in [5.74, 6) is 0. The minimum absolute atomic E-state index is 0.0322. The smallest absolute Gasteiger partial charge is 0.319 e. The van der Waals surface area contributed by atoms with Crippen LogP contribution in [0.2, 0.25) is 5.02 Å². The fourth-order valence-electron chi connectivity index (χ4n) is 1.38. The highest BCUT2D eigenvalue weighted by atomic mass is 35.5. The van der Waals surface area contributed by atoms with Crippen molar-refractivity contribution in [2.24, 2.45) is 0 Å². The molecule has 0 bridgehead atoms. The maximum absolute atomic E-state index is 11.7. The van der Waals surface area contributed by atoms with Gasteiger partial charge in [0.1, 0.15) is 0 Å². The number of carbonyl (C=O) groups is 1. The van der Waals surface area contributed by atoms with Gasteiger partial charge < -0.3 is 15.7 Å². The van der Waals surface area contributed by atoms with E-state index in [1.54, 1.807) is 24.3 Å². The summed E-state index contributed by atoms with van der Waals surface area (Å²) in [6.45, 7) is 3.73. The maximum Gasteiger partial charge on any atom is 0.319 e. The summed E-state index contributed by atoms with van der Waals surface area (Å²) in [5.41, 5.74) is 0.187. The zero-order valence-electron chi connectivity index (χ0n) is 9.96. The van der Waals surface area contributed by atoms with Crippen molar-refractivity contribution in [2.75, 3.05) is 11.9 Å². The van der Waals surface area contributed by atoms with E-state index < -0.39 is 5.54 Å². The molecule has 17 heavy (non-hydrogen) atoms. The molecule has 0 saturated carbocycles. The van der Waals surface area contributed by atoms with Crippen LogP contribution in [0.5, 0.6) is 0 Å². The third-order valence-corrected chi connectivity index (χ3v) is 2.51. The van der Waals surface area contributed by atoms with Crippen LogP contribution in [0.15, 0.2) is 24.3 Å². The second-order valence-corrected chi connectivity index (χ2v) is 4.88. The first kappa shape index (κ1) is 13.8. The van der Waals surface area contributed by atoms with E-state index in [1.165, 1.54) is 0 Å². The van der Waals surface area contributed by atoms with Gasteiger partial charge in [0.15, 0.2) is 0 Å². The van der Waals surface area contributed by atoms with Gasteiger partial charge >= 0.3 is 6.03 Å². The van der Waals surface area contributed by atoms with Crippen LogP contribution >= 0.6 is 11.6 Å². The van der Waals surface area contributed by atoms with Crippen LogP contribution in [-0.2, 0) is 0 Å². The Hall–Kier alpha value is -1.26. The highest BCUT2D eigenvalue weighted by molar-refractivity contribution is 6.30. The summed E-state index contributed by atoms with van der Waals surface area (Å²) in [4.78, 5) is 11.7. The minimum Gasteiger partial charge on any atom is -0.396 e. The van der Waals surface area contributed by atoms with Gasteiger partial charge in [0.2, 0.25) is 0 Å². The Morgan fingerprint density at radius 2 is 2.18 bits per heavy atom. The lowest BCUT2D eigenvalue weighted by atomic mass is 10.0. The molecule has 1 aromatic carbocycles. The van der Waals surface area contributed by atoms with Crippen molar-refractivity contribution in [2.45, 2.75) is 25.8 Å². The van der Waals surface area contributed by atoms with E-state index in [-0.39, 0.29) is 12.6 Å². The van der Waals surface area contributed by atoms with Crippen LogP contribution in [0.25, 0.3) is 0 Å². The zero-order valence-corrected chi connectivity index (χ0v) is 10.7. The third kappa shape index (κ3) is 5.06. The lowest BCUT2D eigenvalue weighted by Gasteiger charge is -2.25. The van der Waals surface area contributed by atoms with Gasteiger partial charge in [-0.15, -0.1) is 0 Å². The van der Waals surface area contributed by atoms with Crippen molar-refractivity contribution in [3.63, 3.8) is 0 Å². The van der Waals surface area contributed by atoms with Crippen molar-refractivity contribution in [1.82, 2.24) is 5.32 Å². The van der Waals surface area contributed by atoms with Gasteiger partial charge in [0.05, 0.1) is 0 Å². The van der Waals surface area contributed by atoms with Crippen molar-refractivity contribution < 1.29 is 9.90 Å². The maximum atomic E-state index is 11.7. The van der Waals surface area contributed by atoms with E-state index in [2.05, 4.69) is 10.6 Å². The van der Waals surface area contributed by atoms with E-state index in [1.807, 2.05) is 13.8 Å². The molecule has 0 spiro atoms. The number of halogens is 1. The van der Waals surface area contributed by atoms with Crippen LogP contribution in [0.3, 0.4) is 0 Å². The highest BCUT2D eigenvalue weighted by Crippen LogP contribution is 2.15. The second-order valence-electron chi connectivity index (χ2n) is 4.45. The molecular weight excluding hydrogens is 240 g/mol. The molecule has 0 aromatic heterocycles. The van der Waals surface area contributed by atoms with Crippen molar-refractivity contribution in [3.05, 3.63) is 29.3 Å². The minimum atomic E-state index is -0.447. The Kier molecular flexibility index (Phi) is 4.78. The van der Waals surface area contributed by atoms with Crippen LogP contribution in [0.4, 0.5) is 10.5 Å². The summed E-state index contributed by atoms with van der Waals surface area (Å²) in [6.07, 6.45) is 0.496. The molecular formula is C12H17ClN2O2. The van der Waals surface area contributed by atoms with Gasteiger partial charge in [0.25, 0.3) is 0 Å². The summed E-state index contributed by atoms with van der Waals surface area (Å²) >= 11 is 5.81. The van der Waals surface area contributed by atoms with Crippen molar-refractivity contribution in [3.8, 4) is 0 Å². The number of aliphatic hydroxyl groups is 1. The van der Waals surface area contributed by atoms with Crippen LogP contribution < -0.4 is 10.6 Å². The molecule has 1 aromatic rings. The summed E-state index contributed by atoms with van der Waals surface area (Å²) < 4.78 is 0. The van der Waals surface area contributed by atoms with E-state index >= 15 is 0 Å². The molecule has 0 fully saturated rings. The Morgan fingerprint density at radius 3 is 2.76 bits per heavy atom. The number of hydrogen-bond acceptors (Lipinski definition) is 2. The van der Waals surface area contributed by atoms with E-state index in [0.29, 0.717) is 17.1 Å². The number of rotatable bonds is 4.